The van der Waals surface area contributed by atoms with E-state index in [0.29, 0.717) is 42.7 Å². The molecule has 7 heteroatoms. The molecule has 26 heavy (non-hydrogen) atoms. The summed E-state index contributed by atoms with van der Waals surface area (Å²) in [5, 5.41) is 0.680. The van der Waals surface area contributed by atoms with Crippen LogP contribution in [0.4, 0.5) is 4.39 Å². The number of nitrogens with zero attached hydrogens (tertiary/aromatic N) is 4. The minimum atomic E-state index is -0.298. The Balaban J connectivity index is 1.73. The molecule has 0 spiro atoms. The van der Waals surface area contributed by atoms with E-state index in [1.807, 2.05) is 34.1 Å². The van der Waals surface area contributed by atoms with Gasteiger partial charge in [-0.25, -0.2) is 9.37 Å². The molecule has 0 unspecified atom stereocenters. The van der Waals surface area contributed by atoms with Crippen LogP contribution in [0.25, 0.3) is 10.9 Å². The quantitative estimate of drug-likeness (QED) is 0.722. The highest BCUT2D eigenvalue weighted by Crippen LogP contribution is 2.32. The summed E-state index contributed by atoms with van der Waals surface area (Å²) < 4.78 is 23.2. The van der Waals surface area contributed by atoms with Crippen LogP contribution in [0.5, 0.6) is 0 Å². The molecule has 0 N–H and O–H groups in total. The maximum Gasteiger partial charge on any atom is 0.256 e. The highest BCUT2D eigenvalue weighted by molar-refractivity contribution is 6.09. The molecule has 0 fully saturated rings. The molecule has 0 bridgehead atoms. The fraction of sp³-hybridized carbons (Fsp3) is 0.368. The maximum atomic E-state index is 14.3. The van der Waals surface area contributed by atoms with Crippen molar-refractivity contribution >= 4 is 16.8 Å². The van der Waals surface area contributed by atoms with E-state index in [-0.39, 0.29) is 11.7 Å². The van der Waals surface area contributed by atoms with Gasteiger partial charge in [-0.2, -0.15) is 0 Å². The SMILES string of the molecule is COCn1cnc(C)c1CN1CCc2c(c3cccc(F)c3n2C)C1=O. The second kappa shape index (κ2) is 6.25. The van der Waals surface area contributed by atoms with Crippen LogP contribution < -0.4 is 0 Å². The van der Waals surface area contributed by atoms with E-state index < -0.39 is 0 Å². The summed E-state index contributed by atoms with van der Waals surface area (Å²) in [4.78, 5) is 19.3. The first-order valence-corrected chi connectivity index (χ1v) is 8.57. The Bertz CT molecular complexity index is 1000. The molecule has 3 aromatic rings. The molecule has 0 radical (unpaired) electrons. The van der Waals surface area contributed by atoms with Crippen molar-refractivity contribution in [3.05, 3.63) is 53.0 Å². The summed E-state index contributed by atoms with van der Waals surface area (Å²) >= 11 is 0. The molecule has 0 saturated carbocycles. The number of methoxy groups -OCH3 is 1. The molecular weight excluding hydrogens is 335 g/mol. The zero-order valence-electron chi connectivity index (χ0n) is 15.1. The minimum absolute atomic E-state index is 0.0629. The van der Waals surface area contributed by atoms with E-state index in [4.69, 9.17) is 4.74 Å². The molecule has 2 aromatic heterocycles. The van der Waals surface area contributed by atoms with Gasteiger partial charge in [0.25, 0.3) is 5.91 Å². The number of hydrogen-bond acceptors (Lipinski definition) is 3. The fourth-order valence-electron chi connectivity index (χ4n) is 3.84. The molecule has 6 nitrogen and oxygen atoms in total. The van der Waals surface area contributed by atoms with Crippen molar-refractivity contribution in [2.24, 2.45) is 7.05 Å². The fourth-order valence-corrected chi connectivity index (χ4v) is 3.84. The van der Waals surface area contributed by atoms with E-state index in [9.17, 15) is 9.18 Å². The smallest absolute Gasteiger partial charge is 0.256 e. The van der Waals surface area contributed by atoms with Crippen LogP contribution in [-0.4, -0.2) is 38.6 Å². The number of aryl methyl sites for hydroxylation is 2. The lowest BCUT2D eigenvalue weighted by Crippen LogP contribution is -2.38. The number of halogens is 1. The number of para-hydroxylation sites is 1. The van der Waals surface area contributed by atoms with Crippen LogP contribution in [-0.2, 0) is 31.5 Å². The normalized spacial score (nSPS) is 14.3. The second-order valence-electron chi connectivity index (χ2n) is 6.66. The maximum absolute atomic E-state index is 14.3. The van der Waals surface area contributed by atoms with Crippen molar-refractivity contribution in [1.29, 1.82) is 0 Å². The lowest BCUT2D eigenvalue weighted by molar-refractivity contribution is 0.0713. The lowest BCUT2D eigenvalue weighted by atomic mass is 10.0. The van der Waals surface area contributed by atoms with Gasteiger partial charge >= 0.3 is 0 Å². The molecule has 1 aliphatic rings. The van der Waals surface area contributed by atoms with Crippen LogP contribution >= 0.6 is 0 Å². The van der Waals surface area contributed by atoms with Gasteiger partial charge in [0, 0.05) is 38.2 Å². The summed E-state index contributed by atoms with van der Waals surface area (Å²) in [6.45, 7) is 3.37. The third-order valence-electron chi connectivity index (χ3n) is 5.17. The summed E-state index contributed by atoms with van der Waals surface area (Å²) in [6, 6.07) is 4.91. The standard InChI is InChI=1S/C19H21FN4O2/c1-12-16(24(10-21-12)11-26-3)9-23-8-7-15-17(19(23)25)13-5-4-6-14(20)18(13)22(15)2/h4-6,10H,7-9,11H2,1-3H3. The van der Waals surface area contributed by atoms with Crippen LogP contribution in [0.15, 0.2) is 24.5 Å². The molecule has 0 aliphatic carbocycles. The number of ether oxygens (including phenoxy) is 1. The van der Waals surface area contributed by atoms with Gasteiger partial charge in [-0.1, -0.05) is 12.1 Å². The number of benzene rings is 1. The van der Waals surface area contributed by atoms with Gasteiger partial charge in [-0.3, -0.25) is 4.79 Å². The van der Waals surface area contributed by atoms with E-state index in [2.05, 4.69) is 4.98 Å². The number of fused-ring (bicyclic) bond motifs is 3. The van der Waals surface area contributed by atoms with Gasteiger partial charge in [0.1, 0.15) is 12.5 Å². The largest absolute Gasteiger partial charge is 0.364 e. The van der Waals surface area contributed by atoms with Crippen molar-refractivity contribution in [2.45, 2.75) is 26.6 Å². The first-order valence-electron chi connectivity index (χ1n) is 8.57. The van der Waals surface area contributed by atoms with Crippen LogP contribution in [0.1, 0.15) is 27.4 Å². The Labute approximate surface area is 150 Å². The van der Waals surface area contributed by atoms with Crippen LogP contribution in [0.2, 0.25) is 0 Å². The number of aromatic nitrogens is 3. The Morgan fingerprint density at radius 3 is 2.92 bits per heavy atom. The summed E-state index contributed by atoms with van der Waals surface area (Å²) in [5.41, 5.74) is 3.84. The summed E-state index contributed by atoms with van der Waals surface area (Å²) in [7, 11) is 3.45. The molecule has 0 saturated heterocycles. The Hall–Kier alpha value is -2.67. The topological polar surface area (TPSA) is 52.3 Å². The number of carbonyl (C=O) groups is 1. The second-order valence-corrected chi connectivity index (χ2v) is 6.66. The lowest BCUT2D eigenvalue weighted by Gasteiger charge is -2.28. The molecule has 0 atom stereocenters. The number of hydrogen-bond donors (Lipinski definition) is 0. The van der Waals surface area contributed by atoms with Gasteiger partial charge in [-0.15, -0.1) is 0 Å². The van der Waals surface area contributed by atoms with Gasteiger partial charge in [0.2, 0.25) is 0 Å². The third-order valence-corrected chi connectivity index (χ3v) is 5.17. The molecular formula is C19H21FN4O2. The highest BCUT2D eigenvalue weighted by Gasteiger charge is 2.31. The number of imidazole rings is 1. The van der Waals surface area contributed by atoms with Gasteiger partial charge in [0.15, 0.2) is 0 Å². The van der Waals surface area contributed by atoms with Crippen molar-refractivity contribution in [2.75, 3.05) is 13.7 Å². The van der Waals surface area contributed by atoms with E-state index >= 15 is 0 Å². The first-order chi connectivity index (χ1) is 12.5. The number of carbonyl (C=O) groups excluding carboxylic acids is 1. The van der Waals surface area contributed by atoms with Crippen LogP contribution in [0.3, 0.4) is 0 Å². The third kappa shape index (κ3) is 2.42. The molecule has 1 aliphatic heterocycles. The van der Waals surface area contributed by atoms with Crippen molar-refractivity contribution in [1.82, 2.24) is 19.0 Å². The van der Waals surface area contributed by atoms with Crippen molar-refractivity contribution < 1.29 is 13.9 Å². The Morgan fingerprint density at radius 1 is 1.35 bits per heavy atom. The Morgan fingerprint density at radius 2 is 2.15 bits per heavy atom. The summed E-state index contributed by atoms with van der Waals surface area (Å²) in [6.07, 6.45) is 2.42. The Kier molecular flexibility index (Phi) is 4.03. The van der Waals surface area contributed by atoms with E-state index in [0.717, 1.165) is 17.1 Å². The summed E-state index contributed by atoms with van der Waals surface area (Å²) in [5.74, 6) is -0.361. The molecule has 1 aromatic carbocycles. The van der Waals surface area contributed by atoms with Crippen molar-refractivity contribution in [3.63, 3.8) is 0 Å². The molecule has 136 valence electrons. The predicted octanol–water partition coefficient (Wildman–Crippen LogP) is 2.62. The van der Waals surface area contributed by atoms with Gasteiger partial charge < -0.3 is 18.8 Å². The van der Waals surface area contributed by atoms with Gasteiger partial charge in [-0.05, 0) is 13.0 Å². The van der Waals surface area contributed by atoms with Crippen molar-refractivity contribution in [3.8, 4) is 0 Å². The highest BCUT2D eigenvalue weighted by atomic mass is 19.1. The average molecular weight is 356 g/mol. The minimum Gasteiger partial charge on any atom is -0.364 e. The van der Waals surface area contributed by atoms with E-state index in [1.165, 1.54) is 6.07 Å². The number of amides is 1. The molecule has 3 heterocycles. The molecule has 1 amide bonds. The van der Waals surface area contributed by atoms with E-state index in [1.54, 1.807) is 19.5 Å². The average Bonchev–Trinajstić information content (AvgIpc) is 3.11. The predicted molar refractivity (Wildman–Crippen MR) is 95.3 cm³/mol. The monoisotopic (exact) mass is 356 g/mol. The van der Waals surface area contributed by atoms with Gasteiger partial charge in [0.05, 0.1) is 35.3 Å². The zero-order valence-corrected chi connectivity index (χ0v) is 15.1. The molecule has 4 rings (SSSR count). The van der Waals surface area contributed by atoms with Crippen LogP contribution in [0, 0.1) is 12.7 Å². The first kappa shape index (κ1) is 16.8. The number of rotatable bonds is 4. The zero-order chi connectivity index (χ0) is 18.4.